The number of fused-ring (bicyclic) bond motifs is 3. The topological polar surface area (TPSA) is 4.93 Å². The van der Waals surface area contributed by atoms with Gasteiger partial charge in [-0.15, -0.1) is 0 Å². The van der Waals surface area contributed by atoms with Crippen LogP contribution in [0.15, 0.2) is 66.7 Å². The fourth-order valence-corrected chi connectivity index (χ4v) is 3.48. The third-order valence-corrected chi connectivity index (χ3v) is 5.21. The number of hydrogen-bond acceptors (Lipinski definition) is 0. The van der Waals surface area contributed by atoms with Crippen LogP contribution in [-0.4, -0.2) is 4.57 Å². The average molecular weight is 383 g/mol. The average Bonchev–Trinajstić information content (AvgIpc) is 2.87. The van der Waals surface area contributed by atoms with Gasteiger partial charge >= 0.3 is 0 Å². The summed E-state index contributed by atoms with van der Waals surface area (Å²) < 4.78 is 3.68. The predicted octanol–water partition coefficient (Wildman–Crippen LogP) is 5.70. The highest BCUT2D eigenvalue weighted by Gasteiger charge is 2.14. The van der Waals surface area contributed by atoms with E-state index in [1.807, 2.05) is 0 Å². The van der Waals surface area contributed by atoms with Gasteiger partial charge in [-0.05, 0) is 59.3 Å². The van der Waals surface area contributed by atoms with Crippen LogP contribution < -0.4 is 0 Å². The Morgan fingerprint density at radius 1 is 0.762 bits per heavy atom. The highest BCUT2D eigenvalue weighted by atomic mass is 127. The molecule has 0 atom stereocenters. The molecule has 0 N–H and O–H groups in total. The number of para-hydroxylation sites is 2. The fourth-order valence-electron chi connectivity index (χ4n) is 3.04. The van der Waals surface area contributed by atoms with Gasteiger partial charge < -0.3 is 4.57 Å². The van der Waals surface area contributed by atoms with Crippen LogP contribution in [0.3, 0.4) is 0 Å². The van der Waals surface area contributed by atoms with Crippen molar-refractivity contribution in [2.24, 2.45) is 0 Å². The number of nitrogens with zero attached hydrogens (tertiary/aromatic N) is 1. The Bertz CT molecular complexity index is 952. The van der Waals surface area contributed by atoms with E-state index in [2.05, 4.69) is 101 Å². The highest BCUT2D eigenvalue weighted by Crippen LogP contribution is 2.35. The van der Waals surface area contributed by atoms with Gasteiger partial charge in [-0.1, -0.05) is 42.5 Å². The summed E-state index contributed by atoms with van der Waals surface area (Å²) in [6.45, 7) is 2.21. The first-order valence-electron chi connectivity index (χ1n) is 7.01. The second-order valence-corrected chi connectivity index (χ2v) is 6.42. The molecule has 1 nitrogen and oxygen atoms in total. The van der Waals surface area contributed by atoms with Gasteiger partial charge in [0.15, 0.2) is 0 Å². The Hall–Kier alpha value is -1.81. The van der Waals surface area contributed by atoms with Crippen LogP contribution in [0.2, 0.25) is 0 Å². The Balaban J connectivity index is 2.28. The predicted molar refractivity (Wildman–Crippen MR) is 98.2 cm³/mol. The number of aromatic nitrogens is 1. The lowest BCUT2D eigenvalue weighted by Crippen LogP contribution is -1.95. The molecule has 21 heavy (non-hydrogen) atoms. The molecule has 1 aromatic heterocycles. The molecule has 0 fully saturated rings. The lowest BCUT2D eigenvalue weighted by molar-refractivity contribution is 1.17. The molecule has 0 aliphatic heterocycles. The van der Waals surface area contributed by atoms with Crippen molar-refractivity contribution >= 4 is 44.4 Å². The molecule has 4 aromatic rings. The van der Waals surface area contributed by atoms with Crippen molar-refractivity contribution in [2.45, 2.75) is 6.92 Å². The molecule has 4 rings (SSSR count). The molecule has 2 heteroatoms. The summed E-state index contributed by atoms with van der Waals surface area (Å²) in [4.78, 5) is 0. The second kappa shape index (κ2) is 4.88. The van der Waals surface area contributed by atoms with Crippen LogP contribution in [0, 0.1) is 10.5 Å². The summed E-state index contributed by atoms with van der Waals surface area (Å²) in [6, 6.07) is 23.7. The Morgan fingerprint density at radius 3 is 2.29 bits per heavy atom. The molecule has 0 saturated heterocycles. The summed E-state index contributed by atoms with van der Waals surface area (Å²) in [5.74, 6) is 0. The maximum Gasteiger partial charge on any atom is 0.0580 e. The minimum atomic E-state index is 1.22. The normalized spacial score (nSPS) is 11.3. The largest absolute Gasteiger partial charge is 0.309 e. The molecule has 0 unspecified atom stereocenters. The minimum Gasteiger partial charge on any atom is -0.309 e. The lowest BCUT2D eigenvalue weighted by Gasteiger charge is -2.10. The monoisotopic (exact) mass is 383 g/mol. The van der Waals surface area contributed by atoms with E-state index < -0.39 is 0 Å². The van der Waals surface area contributed by atoms with Gasteiger partial charge in [-0.2, -0.15) is 0 Å². The molecule has 0 amide bonds. The number of benzene rings is 3. The van der Waals surface area contributed by atoms with Gasteiger partial charge in [0.1, 0.15) is 0 Å². The van der Waals surface area contributed by atoms with E-state index in [-0.39, 0.29) is 0 Å². The fraction of sp³-hybridized carbons (Fsp3) is 0.0526. The van der Waals surface area contributed by atoms with E-state index in [0.29, 0.717) is 0 Å². The molecule has 0 radical (unpaired) electrons. The standard InChI is InChI=1S/C19H14IN/c1-13-17(20)12-11-16-15-9-5-6-10-18(15)21(19(13)16)14-7-3-2-4-8-14/h2-12H,1H3. The Labute approximate surface area is 137 Å². The summed E-state index contributed by atoms with van der Waals surface area (Å²) >= 11 is 2.42. The molecular formula is C19H14IN. The van der Waals surface area contributed by atoms with Crippen molar-refractivity contribution in [3.8, 4) is 5.69 Å². The summed E-state index contributed by atoms with van der Waals surface area (Å²) in [5, 5.41) is 2.64. The van der Waals surface area contributed by atoms with Crippen LogP contribution >= 0.6 is 22.6 Å². The van der Waals surface area contributed by atoms with Crippen LogP contribution in [-0.2, 0) is 0 Å². The van der Waals surface area contributed by atoms with Gasteiger partial charge in [0.05, 0.1) is 11.0 Å². The van der Waals surface area contributed by atoms with Crippen LogP contribution in [0.4, 0.5) is 0 Å². The summed E-state index contributed by atoms with van der Waals surface area (Å²) in [7, 11) is 0. The van der Waals surface area contributed by atoms with Crippen molar-refractivity contribution in [3.05, 3.63) is 75.9 Å². The van der Waals surface area contributed by atoms with E-state index in [9.17, 15) is 0 Å². The lowest BCUT2D eigenvalue weighted by atomic mass is 10.1. The maximum atomic E-state index is 2.42. The van der Waals surface area contributed by atoms with Crippen molar-refractivity contribution in [1.29, 1.82) is 0 Å². The smallest absolute Gasteiger partial charge is 0.0580 e. The number of hydrogen-bond donors (Lipinski definition) is 0. The molecule has 0 saturated carbocycles. The zero-order valence-electron chi connectivity index (χ0n) is 11.7. The van der Waals surface area contributed by atoms with E-state index in [1.165, 1.54) is 36.6 Å². The third-order valence-electron chi connectivity index (χ3n) is 4.04. The van der Waals surface area contributed by atoms with Crippen molar-refractivity contribution in [3.63, 3.8) is 0 Å². The van der Waals surface area contributed by atoms with Crippen molar-refractivity contribution in [1.82, 2.24) is 4.57 Å². The van der Waals surface area contributed by atoms with Crippen LogP contribution in [0.25, 0.3) is 27.5 Å². The van der Waals surface area contributed by atoms with Gasteiger partial charge in [-0.3, -0.25) is 0 Å². The highest BCUT2D eigenvalue weighted by molar-refractivity contribution is 14.1. The molecule has 0 aliphatic carbocycles. The van der Waals surface area contributed by atoms with E-state index in [1.54, 1.807) is 0 Å². The van der Waals surface area contributed by atoms with E-state index >= 15 is 0 Å². The number of rotatable bonds is 1. The Kier molecular flexibility index (Phi) is 3.00. The zero-order valence-corrected chi connectivity index (χ0v) is 13.8. The van der Waals surface area contributed by atoms with Crippen LogP contribution in [0.5, 0.6) is 0 Å². The molecule has 0 aliphatic rings. The quantitative estimate of drug-likeness (QED) is 0.372. The van der Waals surface area contributed by atoms with Gasteiger partial charge in [-0.25, -0.2) is 0 Å². The van der Waals surface area contributed by atoms with Crippen molar-refractivity contribution in [2.75, 3.05) is 0 Å². The molecule has 1 heterocycles. The van der Waals surface area contributed by atoms with Crippen molar-refractivity contribution < 1.29 is 0 Å². The second-order valence-electron chi connectivity index (χ2n) is 5.26. The molecule has 3 aromatic carbocycles. The van der Waals surface area contributed by atoms with Gasteiger partial charge in [0.2, 0.25) is 0 Å². The molecular weight excluding hydrogens is 369 g/mol. The summed E-state index contributed by atoms with van der Waals surface area (Å²) in [5.41, 5.74) is 5.14. The summed E-state index contributed by atoms with van der Waals surface area (Å²) in [6.07, 6.45) is 0. The van der Waals surface area contributed by atoms with E-state index in [4.69, 9.17) is 0 Å². The van der Waals surface area contributed by atoms with Crippen LogP contribution in [0.1, 0.15) is 5.56 Å². The molecule has 0 bridgehead atoms. The number of halogens is 1. The first-order valence-corrected chi connectivity index (χ1v) is 8.09. The van der Waals surface area contributed by atoms with Gasteiger partial charge in [0.25, 0.3) is 0 Å². The minimum absolute atomic E-state index is 1.22. The Morgan fingerprint density at radius 2 is 1.48 bits per heavy atom. The zero-order chi connectivity index (χ0) is 14.4. The SMILES string of the molecule is Cc1c(I)ccc2c3ccccc3n(-c3ccccc3)c12. The van der Waals surface area contributed by atoms with E-state index in [0.717, 1.165) is 0 Å². The molecule has 102 valence electrons. The number of aryl methyl sites for hydroxylation is 1. The maximum absolute atomic E-state index is 2.42. The molecule has 0 spiro atoms. The first kappa shape index (κ1) is 12.9. The third kappa shape index (κ3) is 1.89. The van der Waals surface area contributed by atoms with Gasteiger partial charge in [0, 0.05) is 20.0 Å². The first-order chi connectivity index (χ1) is 10.3.